The first-order valence-electron chi connectivity index (χ1n) is 6.67. The third-order valence-electron chi connectivity index (χ3n) is 2.85. The number of hydrogen-bond acceptors (Lipinski definition) is 6. The van der Waals surface area contributed by atoms with Crippen LogP contribution < -0.4 is 15.9 Å². The van der Waals surface area contributed by atoms with Gasteiger partial charge in [0.2, 0.25) is 0 Å². The van der Waals surface area contributed by atoms with Crippen molar-refractivity contribution >= 4 is 52.6 Å². The zero-order valence-corrected chi connectivity index (χ0v) is 14.7. The first-order chi connectivity index (χ1) is 11.9. The minimum absolute atomic E-state index is 0.0228. The number of hydrogen-bond donors (Lipinski definition) is 2. The minimum Gasteiger partial charge on any atom is -0.479 e. The zero-order chi connectivity index (χ0) is 18.4. The van der Waals surface area contributed by atoms with Crippen molar-refractivity contribution in [3.8, 4) is 11.8 Å². The second-order valence-corrected chi connectivity index (χ2v) is 5.62. The normalized spacial score (nSPS) is 10.5. The third kappa shape index (κ3) is 4.73. The summed E-state index contributed by atoms with van der Waals surface area (Å²) in [6.07, 6.45) is 1.40. The van der Waals surface area contributed by atoms with Gasteiger partial charge in [-0.25, -0.2) is 10.4 Å². The Hall–Kier alpha value is -2.53. The Balaban J connectivity index is 2.05. The van der Waals surface area contributed by atoms with Crippen LogP contribution in [0.1, 0.15) is 16.1 Å². The number of nitriles is 1. The standard InChI is InChI=1S/C15H10Cl3N5O2/c16-10-12(20)11(17)14(18)22-13(10)15(24)23-21-7-8-1-3-9(4-2-8)25-6-5-19/h1-4,7H,6H2,(H2,20,22)(H,23,24)/b21-7+. The van der Waals surface area contributed by atoms with E-state index in [2.05, 4.69) is 15.5 Å². The molecule has 1 amide bonds. The highest BCUT2D eigenvalue weighted by molar-refractivity contribution is 6.46. The molecule has 128 valence electrons. The number of nitrogens with two attached hydrogens (primary N) is 1. The summed E-state index contributed by atoms with van der Waals surface area (Å²) in [5, 5.41) is 12.0. The lowest BCUT2D eigenvalue weighted by atomic mass is 10.2. The van der Waals surface area contributed by atoms with E-state index in [0.717, 1.165) is 0 Å². The molecule has 0 atom stereocenters. The molecule has 0 aliphatic carbocycles. The molecule has 1 aromatic heterocycles. The van der Waals surface area contributed by atoms with Crippen LogP contribution in [-0.4, -0.2) is 23.7 Å². The summed E-state index contributed by atoms with van der Waals surface area (Å²) >= 11 is 17.5. The molecule has 0 saturated heterocycles. The highest BCUT2D eigenvalue weighted by Crippen LogP contribution is 2.34. The molecule has 0 aliphatic heterocycles. The van der Waals surface area contributed by atoms with Gasteiger partial charge in [-0.2, -0.15) is 10.4 Å². The first-order valence-corrected chi connectivity index (χ1v) is 7.80. The van der Waals surface area contributed by atoms with E-state index in [-0.39, 0.29) is 33.2 Å². The fourth-order valence-electron chi connectivity index (χ4n) is 1.67. The molecule has 1 aromatic carbocycles. The molecule has 25 heavy (non-hydrogen) atoms. The van der Waals surface area contributed by atoms with E-state index in [0.29, 0.717) is 11.3 Å². The van der Waals surface area contributed by atoms with Crippen molar-refractivity contribution in [1.82, 2.24) is 10.4 Å². The summed E-state index contributed by atoms with van der Waals surface area (Å²) in [6.45, 7) is -0.0377. The number of carbonyl (C=O) groups is 1. The molecule has 0 saturated carbocycles. The molecule has 1 heterocycles. The number of aromatic nitrogens is 1. The molecule has 10 heteroatoms. The third-order valence-corrected chi connectivity index (χ3v) is 3.99. The summed E-state index contributed by atoms with van der Waals surface area (Å²) in [4.78, 5) is 15.9. The number of nitrogens with one attached hydrogen (secondary N) is 1. The summed E-state index contributed by atoms with van der Waals surface area (Å²) < 4.78 is 5.12. The van der Waals surface area contributed by atoms with Gasteiger partial charge < -0.3 is 10.5 Å². The van der Waals surface area contributed by atoms with E-state index in [4.69, 9.17) is 50.5 Å². The number of hydrazone groups is 1. The van der Waals surface area contributed by atoms with Crippen LogP contribution in [0.15, 0.2) is 29.4 Å². The smallest absolute Gasteiger partial charge is 0.291 e. The van der Waals surface area contributed by atoms with Crippen molar-refractivity contribution in [1.29, 1.82) is 5.26 Å². The van der Waals surface area contributed by atoms with Crippen LogP contribution in [-0.2, 0) is 0 Å². The fraction of sp³-hybridized carbons (Fsp3) is 0.0667. The summed E-state index contributed by atoms with van der Waals surface area (Å²) in [6, 6.07) is 8.60. The lowest BCUT2D eigenvalue weighted by molar-refractivity contribution is 0.0950. The van der Waals surface area contributed by atoms with Crippen LogP contribution in [0.5, 0.6) is 5.75 Å². The van der Waals surface area contributed by atoms with Crippen LogP contribution in [0.4, 0.5) is 5.69 Å². The summed E-state index contributed by atoms with van der Waals surface area (Å²) in [5.74, 6) is -0.148. The SMILES string of the molecule is N#CCOc1ccc(/C=N/NC(=O)c2nc(Cl)c(Cl)c(N)c2Cl)cc1. The van der Waals surface area contributed by atoms with Crippen LogP contribution in [0.3, 0.4) is 0 Å². The van der Waals surface area contributed by atoms with Gasteiger partial charge >= 0.3 is 0 Å². The number of nitrogens with zero attached hydrogens (tertiary/aromatic N) is 3. The zero-order valence-electron chi connectivity index (χ0n) is 12.5. The van der Waals surface area contributed by atoms with Crippen molar-refractivity contribution in [3.63, 3.8) is 0 Å². The Bertz CT molecular complexity index is 863. The average molecular weight is 399 g/mol. The number of rotatable bonds is 5. The van der Waals surface area contributed by atoms with Gasteiger partial charge in [-0.3, -0.25) is 4.79 Å². The minimum atomic E-state index is -0.694. The molecule has 0 radical (unpaired) electrons. The van der Waals surface area contributed by atoms with Gasteiger partial charge in [0.1, 0.15) is 16.8 Å². The Kier molecular flexibility index (Phi) is 6.42. The maximum Gasteiger partial charge on any atom is 0.291 e. The number of amides is 1. The maximum atomic E-state index is 12.1. The number of anilines is 1. The number of nitrogen functional groups attached to an aromatic ring is 1. The second-order valence-electron chi connectivity index (χ2n) is 4.51. The number of pyridine rings is 1. The quantitative estimate of drug-likeness (QED) is 0.456. The molecule has 7 nitrogen and oxygen atoms in total. The summed E-state index contributed by atoms with van der Waals surface area (Å²) in [7, 11) is 0. The van der Waals surface area contributed by atoms with Crippen LogP contribution in [0.2, 0.25) is 15.2 Å². The molecule has 0 spiro atoms. The van der Waals surface area contributed by atoms with E-state index in [1.165, 1.54) is 6.21 Å². The molecule has 0 bridgehead atoms. The topological polar surface area (TPSA) is 113 Å². The van der Waals surface area contributed by atoms with E-state index >= 15 is 0 Å². The van der Waals surface area contributed by atoms with E-state index in [1.54, 1.807) is 24.3 Å². The number of carbonyl (C=O) groups excluding carboxylic acids is 1. The maximum absolute atomic E-state index is 12.1. The van der Waals surface area contributed by atoms with Crippen molar-refractivity contribution in [2.24, 2.45) is 5.10 Å². The highest BCUT2D eigenvalue weighted by Gasteiger charge is 2.19. The van der Waals surface area contributed by atoms with Crippen LogP contribution in [0, 0.1) is 11.3 Å². The Morgan fingerprint density at radius 3 is 2.64 bits per heavy atom. The van der Waals surface area contributed by atoms with Crippen molar-refractivity contribution < 1.29 is 9.53 Å². The van der Waals surface area contributed by atoms with Crippen molar-refractivity contribution in [3.05, 3.63) is 50.7 Å². The lowest BCUT2D eigenvalue weighted by Gasteiger charge is -2.07. The van der Waals surface area contributed by atoms with Gasteiger partial charge in [-0.1, -0.05) is 34.8 Å². The van der Waals surface area contributed by atoms with Crippen molar-refractivity contribution in [2.45, 2.75) is 0 Å². The van der Waals surface area contributed by atoms with Gasteiger partial charge in [-0.05, 0) is 29.8 Å². The molecular weight excluding hydrogens is 389 g/mol. The van der Waals surface area contributed by atoms with E-state index in [1.807, 2.05) is 6.07 Å². The van der Waals surface area contributed by atoms with Gasteiger partial charge in [0.25, 0.3) is 5.91 Å². The Morgan fingerprint density at radius 1 is 1.32 bits per heavy atom. The monoisotopic (exact) mass is 397 g/mol. The molecule has 0 aliphatic rings. The molecule has 2 rings (SSSR count). The molecule has 2 aromatic rings. The van der Waals surface area contributed by atoms with Gasteiger partial charge in [0.05, 0.1) is 16.9 Å². The average Bonchev–Trinajstić information content (AvgIpc) is 2.62. The molecular formula is C15H10Cl3N5O2. The summed E-state index contributed by atoms with van der Waals surface area (Å²) in [5.41, 5.74) is 8.38. The molecule has 0 unspecified atom stereocenters. The Labute approximate surface area is 158 Å². The predicted octanol–water partition coefficient (Wildman–Crippen LogP) is 3.29. The van der Waals surface area contributed by atoms with Gasteiger partial charge in [-0.15, -0.1) is 0 Å². The van der Waals surface area contributed by atoms with Crippen molar-refractivity contribution in [2.75, 3.05) is 12.3 Å². The molecule has 0 fully saturated rings. The predicted molar refractivity (Wildman–Crippen MR) is 96.3 cm³/mol. The number of ether oxygens (including phenoxy) is 1. The van der Waals surface area contributed by atoms with Crippen LogP contribution >= 0.6 is 34.8 Å². The number of benzene rings is 1. The largest absolute Gasteiger partial charge is 0.479 e. The first kappa shape index (κ1) is 18.8. The number of halogens is 3. The Morgan fingerprint density at radius 2 is 2.00 bits per heavy atom. The molecule has 3 N–H and O–H groups in total. The highest BCUT2D eigenvalue weighted by atomic mass is 35.5. The fourth-order valence-corrected chi connectivity index (χ4v) is 2.26. The lowest BCUT2D eigenvalue weighted by Crippen LogP contribution is -2.20. The van der Waals surface area contributed by atoms with Gasteiger partial charge in [0, 0.05) is 0 Å². The van der Waals surface area contributed by atoms with Crippen LogP contribution in [0.25, 0.3) is 0 Å². The van der Waals surface area contributed by atoms with E-state index in [9.17, 15) is 4.79 Å². The second kappa shape index (κ2) is 8.53. The van der Waals surface area contributed by atoms with E-state index < -0.39 is 5.91 Å². The van der Waals surface area contributed by atoms with Gasteiger partial charge in [0.15, 0.2) is 17.5 Å².